The first-order valence-electron chi connectivity index (χ1n) is 10.1. The number of benzene rings is 1. The molecule has 1 amide bonds. The van der Waals surface area contributed by atoms with Crippen molar-refractivity contribution in [3.05, 3.63) is 59.4 Å². The second kappa shape index (κ2) is 6.64. The van der Waals surface area contributed by atoms with Gasteiger partial charge in [0.1, 0.15) is 0 Å². The van der Waals surface area contributed by atoms with Gasteiger partial charge in [-0.05, 0) is 42.5 Å². The Labute approximate surface area is 160 Å². The summed E-state index contributed by atoms with van der Waals surface area (Å²) in [7, 11) is 0. The molecule has 5 heteroatoms. The summed E-state index contributed by atoms with van der Waals surface area (Å²) < 4.78 is 2.15. The average Bonchev–Trinajstić information content (AvgIpc) is 2.92. The summed E-state index contributed by atoms with van der Waals surface area (Å²) in [6.07, 6.45) is 7.20. The van der Waals surface area contributed by atoms with Gasteiger partial charge in [0, 0.05) is 38.0 Å². The van der Waals surface area contributed by atoms with Crippen LogP contribution in [0.5, 0.6) is 0 Å². The molecule has 5 rings (SSSR count). The maximum Gasteiger partial charge on any atom is 0.246 e. The van der Waals surface area contributed by atoms with E-state index in [1.807, 2.05) is 4.90 Å². The minimum Gasteiger partial charge on any atom is -0.337 e. The van der Waals surface area contributed by atoms with Crippen LogP contribution < -0.4 is 5.32 Å². The topological polar surface area (TPSA) is 50.2 Å². The zero-order chi connectivity index (χ0) is 18.4. The lowest BCUT2D eigenvalue weighted by Crippen LogP contribution is -2.40. The normalized spacial score (nSPS) is 21.9. The summed E-state index contributed by atoms with van der Waals surface area (Å²) in [4.78, 5) is 14.0. The summed E-state index contributed by atoms with van der Waals surface area (Å²) in [6.45, 7) is 5.95. The number of hydrogen-bond donors (Lipinski definition) is 1. The third kappa shape index (κ3) is 2.81. The second-order valence-electron chi connectivity index (χ2n) is 7.93. The molecular weight excluding hydrogens is 336 g/mol. The highest BCUT2D eigenvalue weighted by Gasteiger charge is 2.33. The number of aromatic nitrogens is 2. The van der Waals surface area contributed by atoms with Gasteiger partial charge in [0.15, 0.2) is 0 Å². The molecule has 0 radical (unpaired) electrons. The van der Waals surface area contributed by atoms with E-state index in [0.29, 0.717) is 13.1 Å². The minimum atomic E-state index is 0.00790. The lowest BCUT2D eigenvalue weighted by atomic mass is 9.80. The predicted molar refractivity (Wildman–Crippen MR) is 105 cm³/mol. The van der Waals surface area contributed by atoms with Crippen LogP contribution in [0.3, 0.4) is 0 Å². The van der Waals surface area contributed by atoms with E-state index in [9.17, 15) is 4.79 Å². The van der Waals surface area contributed by atoms with E-state index in [1.54, 1.807) is 0 Å². The molecule has 1 saturated carbocycles. The van der Waals surface area contributed by atoms with Crippen LogP contribution in [0.2, 0.25) is 0 Å². The fourth-order valence-corrected chi connectivity index (χ4v) is 4.69. The van der Waals surface area contributed by atoms with Crippen LogP contribution in [0.15, 0.2) is 36.9 Å². The molecule has 3 aliphatic rings. The molecule has 2 aliphatic heterocycles. The van der Waals surface area contributed by atoms with Gasteiger partial charge in [-0.25, -0.2) is 4.68 Å². The first-order valence-corrected chi connectivity index (χ1v) is 10.1. The van der Waals surface area contributed by atoms with Gasteiger partial charge >= 0.3 is 0 Å². The number of carbonyl (C=O) groups excluding carboxylic acids is 1. The molecule has 27 heavy (non-hydrogen) atoms. The molecule has 1 fully saturated rings. The summed E-state index contributed by atoms with van der Waals surface area (Å²) in [5, 5.41) is 8.57. The fourth-order valence-electron chi connectivity index (χ4n) is 4.69. The highest BCUT2D eigenvalue weighted by molar-refractivity contribution is 5.87. The van der Waals surface area contributed by atoms with Crippen LogP contribution in [0, 0.1) is 0 Å². The van der Waals surface area contributed by atoms with Gasteiger partial charge < -0.3 is 10.2 Å². The Morgan fingerprint density at radius 3 is 2.74 bits per heavy atom. The fraction of sp³-hybridized carbons (Fsp3) is 0.455. The quantitative estimate of drug-likeness (QED) is 0.854. The Bertz CT molecular complexity index is 878. The molecule has 0 spiro atoms. The molecule has 1 aromatic heterocycles. The Kier molecular flexibility index (Phi) is 4.12. The summed E-state index contributed by atoms with van der Waals surface area (Å²) in [5.41, 5.74) is 6.36. The van der Waals surface area contributed by atoms with Gasteiger partial charge in [0.2, 0.25) is 5.91 Å². The van der Waals surface area contributed by atoms with Crippen molar-refractivity contribution in [1.29, 1.82) is 0 Å². The maximum atomic E-state index is 12.1. The number of nitrogens with zero attached hydrogens (tertiary/aromatic N) is 3. The maximum absolute atomic E-state index is 12.1. The smallest absolute Gasteiger partial charge is 0.246 e. The van der Waals surface area contributed by atoms with E-state index in [-0.39, 0.29) is 11.9 Å². The SMILES string of the molecule is C=CC(=O)N1CCc2nn(-c3ccc(C4CCC4)cc3)c3c2C(C1)NCC3. The molecule has 3 heterocycles. The van der Waals surface area contributed by atoms with Crippen LogP contribution >= 0.6 is 0 Å². The lowest BCUT2D eigenvalue weighted by Gasteiger charge is -2.28. The van der Waals surface area contributed by atoms with Crippen molar-refractivity contribution in [2.45, 2.75) is 44.1 Å². The number of rotatable bonds is 3. The average molecular weight is 362 g/mol. The molecule has 0 bridgehead atoms. The van der Waals surface area contributed by atoms with Gasteiger partial charge in [-0.1, -0.05) is 25.1 Å². The van der Waals surface area contributed by atoms with Crippen LogP contribution in [-0.2, 0) is 17.6 Å². The minimum absolute atomic E-state index is 0.00790. The lowest BCUT2D eigenvalue weighted by molar-refractivity contribution is -0.126. The molecule has 1 unspecified atom stereocenters. The molecule has 1 aliphatic carbocycles. The Morgan fingerprint density at radius 2 is 2.04 bits per heavy atom. The number of amides is 1. The van der Waals surface area contributed by atoms with E-state index in [2.05, 4.69) is 40.8 Å². The second-order valence-corrected chi connectivity index (χ2v) is 7.93. The molecule has 1 N–H and O–H groups in total. The highest BCUT2D eigenvalue weighted by atomic mass is 16.2. The Balaban J connectivity index is 1.48. The standard InChI is InChI=1S/C22H26N4O/c1-2-21(27)25-13-11-18-22-19(14-25)23-12-10-20(22)26(24-18)17-8-6-16(7-9-17)15-4-3-5-15/h2,6-9,15,19,23H,1,3-5,10-14H2. The number of carbonyl (C=O) groups is 1. The van der Waals surface area contributed by atoms with Crippen molar-refractivity contribution in [1.82, 2.24) is 20.0 Å². The zero-order valence-corrected chi connectivity index (χ0v) is 15.7. The molecule has 140 valence electrons. The molecule has 2 aromatic rings. The number of nitrogens with one attached hydrogen (secondary N) is 1. The summed E-state index contributed by atoms with van der Waals surface area (Å²) in [6, 6.07) is 9.17. The first-order chi connectivity index (χ1) is 13.2. The van der Waals surface area contributed by atoms with Crippen molar-refractivity contribution in [2.75, 3.05) is 19.6 Å². The van der Waals surface area contributed by atoms with E-state index in [4.69, 9.17) is 5.10 Å². The van der Waals surface area contributed by atoms with Crippen molar-refractivity contribution in [2.24, 2.45) is 0 Å². The van der Waals surface area contributed by atoms with Crippen LogP contribution in [-0.4, -0.2) is 40.2 Å². The van der Waals surface area contributed by atoms with Crippen LogP contribution in [0.4, 0.5) is 0 Å². The highest BCUT2D eigenvalue weighted by Crippen LogP contribution is 2.37. The van der Waals surface area contributed by atoms with E-state index < -0.39 is 0 Å². The Morgan fingerprint density at radius 1 is 1.22 bits per heavy atom. The van der Waals surface area contributed by atoms with Crippen molar-refractivity contribution >= 4 is 5.91 Å². The number of hydrogen-bond acceptors (Lipinski definition) is 3. The van der Waals surface area contributed by atoms with Gasteiger partial charge in [-0.15, -0.1) is 0 Å². The van der Waals surface area contributed by atoms with Crippen molar-refractivity contribution in [3.63, 3.8) is 0 Å². The zero-order valence-electron chi connectivity index (χ0n) is 15.7. The van der Waals surface area contributed by atoms with E-state index >= 15 is 0 Å². The van der Waals surface area contributed by atoms with Crippen LogP contribution in [0.1, 0.15) is 53.7 Å². The van der Waals surface area contributed by atoms with Gasteiger partial charge in [0.05, 0.1) is 23.1 Å². The Hall–Kier alpha value is -2.40. The first kappa shape index (κ1) is 16.8. The van der Waals surface area contributed by atoms with Crippen molar-refractivity contribution in [3.8, 4) is 5.69 Å². The van der Waals surface area contributed by atoms with Gasteiger partial charge in [-0.3, -0.25) is 4.79 Å². The molecule has 1 aromatic carbocycles. The van der Waals surface area contributed by atoms with Crippen molar-refractivity contribution < 1.29 is 4.79 Å². The third-order valence-corrected chi connectivity index (χ3v) is 6.42. The molecular formula is C22H26N4O. The summed E-state index contributed by atoms with van der Waals surface area (Å²) in [5.74, 6) is 0.766. The summed E-state index contributed by atoms with van der Waals surface area (Å²) >= 11 is 0. The van der Waals surface area contributed by atoms with E-state index in [1.165, 1.54) is 42.2 Å². The van der Waals surface area contributed by atoms with Gasteiger partial charge in [-0.2, -0.15) is 5.10 Å². The van der Waals surface area contributed by atoms with E-state index in [0.717, 1.165) is 36.7 Å². The predicted octanol–water partition coefficient (Wildman–Crippen LogP) is 2.90. The molecule has 1 atom stereocenters. The van der Waals surface area contributed by atoms with Gasteiger partial charge in [0.25, 0.3) is 0 Å². The largest absolute Gasteiger partial charge is 0.337 e. The molecule has 5 nitrogen and oxygen atoms in total. The van der Waals surface area contributed by atoms with Crippen LogP contribution in [0.25, 0.3) is 5.69 Å². The third-order valence-electron chi connectivity index (χ3n) is 6.42. The monoisotopic (exact) mass is 362 g/mol. The molecule has 0 saturated heterocycles.